The van der Waals surface area contributed by atoms with Crippen LogP contribution in [-0.4, -0.2) is 18.4 Å². The minimum absolute atomic E-state index is 0.107. The number of Topliss-reactive ketones (excluding diaryl/α,β-unsaturated/α-hetero) is 1. The largest absolute Gasteiger partial charge is 0.307 e. The maximum absolute atomic E-state index is 12.1. The Morgan fingerprint density at radius 3 is 2.24 bits per heavy atom. The van der Waals surface area contributed by atoms with Gasteiger partial charge in [-0.1, -0.05) is 45.0 Å². The number of nitrogens with one attached hydrogen (secondary N) is 1. The molecule has 0 aliphatic carbocycles. The molecule has 0 radical (unpaired) electrons. The smallest absolute Gasteiger partial charge is 0.179 e. The van der Waals surface area contributed by atoms with Crippen LogP contribution in [0.4, 0.5) is 0 Å². The molecule has 1 aromatic carbocycles. The second-order valence-corrected chi connectivity index (χ2v) is 4.94. The molecule has 1 unspecified atom stereocenters. The fourth-order valence-electron chi connectivity index (χ4n) is 1.66. The molecule has 0 saturated carbocycles. The van der Waals surface area contributed by atoms with Crippen LogP contribution in [0.2, 0.25) is 0 Å². The third-order valence-corrected chi connectivity index (χ3v) is 2.87. The topological polar surface area (TPSA) is 29.1 Å². The molecule has 0 saturated heterocycles. The fraction of sp³-hybridized carbons (Fsp3) is 0.533. The lowest BCUT2D eigenvalue weighted by Gasteiger charge is -2.14. The Morgan fingerprint density at radius 1 is 1.18 bits per heavy atom. The molecule has 2 nitrogen and oxygen atoms in total. The Labute approximate surface area is 104 Å². The minimum atomic E-state index is -0.107. The maximum atomic E-state index is 12.1. The van der Waals surface area contributed by atoms with Gasteiger partial charge in [0.05, 0.1) is 6.04 Å². The Hall–Kier alpha value is -1.15. The van der Waals surface area contributed by atoms with Crippen LogP contribution in [-0.2, 0) is 6.42 Å². The second kappa shape index (κ2) is 6.55. The molecule has 0 spiro atoms. The van der Waals surface area contributed by atoms with Crippen molar-refractivity contribution in [2.75, 3.05) is 6.54 Å². The average molecular weight is 233 g/mol. The highest BCUT2D eigenvalue weighted by Gasteiger charge is 2.14. The Bertz CT molecular complexity index is 354. The zero-order valence-electron chi connectivity index (χ0n) is 11.3. The summed E-state index contributed by atoms with van der Waals surface area (Å²) in [4.78, 5) is 12.1. The molecule has 0 fully saturated rings. The highest BCUT2D eigenvalue weighted by molar-refractivity contribution is 5.99. The summed E-state index contributed by atoms with van der Waals surface area (Å²) >= 11 is 0. The van der Waals surface area contributed by atoms with Crippen molar-refractivity contribution in [3.8, 4) is 0 Å². The monoisotopic (exact) mass is 233 g/mol. The van der Waals surface area contributed by atoms with Crippen LogP contribution in [0.25, 0.3) is 0 Å². The molecule has 0 bridgehead atoms. The first-order valence-corrected chi connectivity index (χ1v) is 6.41. The van der Waals surface area contributed by atoms with E-state index in [1.54, 1.807) is 0 Å². The molecular formula is C15H23NO. The van der Waals surface area contributed by atoms with Crippen molar-refractivity contribution in [2.24, 2.45) is 5.92 Å². The van der Waals surface area contributed by atoms with Gasteiger partial charge in [-0.3, -0.25) is 4.79 Å². The van der Waals surface area contributed by atoms with E-state index >= 15 is 0 Å². The summed E-state index contributed by atoms with van der Waals surface area (Å²) in [5.41, 5.74) is 2.07. The van der Waals surface area contributed by atoms with E-state index in [4.69, 9.17) is 0 Å². The van der Waals surface area contributed by atoms with Crippen molar-refractivity contribution >= 4 is 5.78 Å². The number of carbonyl (C=O) groups excluding carboxylic acids is 1. The Morgan fingerprint density at radius 2 is 1.76 bits per heavy atom. The first kappa shape index (κ1) is 13.9. The third kappa shape index (κ3) is 4.31. The van der Waals surface area contributed by atoms with Crippen LogP contribution < -0.4 is 5.32 Å². The quantitative estimate of drug-likeness (QED) is 0.765. The van der Waals surface area contributed by atoms with E-state index in [9.17, 15) is 4.79 Å². The number of aryl methyl sites for hydroxylation is 1. The molecule has 1 rings (SSSR count). The van der Waals surface area contributed by atoms with Crippen LogP contribution in [0.15, 0.2) is 24.3 Å². The number of carbonyl (C=O) groups is 1. The predicted molar refractivity (Wildman–Crippen MR) is 72.5 cm³/mol. The van der Waals surface area contributed by atoms with Gasteiger partial charge in [-0.2, -0.15) is 0 Å². The van der Waals surface area contributed by atoms with Gasteiger partial charge < -0.3 is 5.32 Å². The van der Waals surface area contributed by atoms with Gasteiger partial charge in [0.15, 0.2) is 5.78 Å². The van der Waals surface area contributed by atoms with Crippen LogP contribution in [0.1, 0.15) is 43.6 Å². The number of ketones is 1. The molecule has 0 aliphatic heterocycles. The molecule has 0 amide bonds. The van der Waals surface area contributed by atoms with Crippen LogP contribution in [0.3, 0.4) is 0 Å². The molecule has 0 heterocycles. The molecule has 0 aliphatic rings. The van der Waals surface area contributed by atoms with Gasteiger partial charge in [0.2, 0.25) is 0 Å². The van der Waals surface area contributed by atoms with E-state index < -0.39 is 0 Å². The summed E-state index contributed by atoms with van der Waals surface area (Å²) in [6.07, 6.45) is 1.01. The number of benzene rings is 1. The molecule has 1 atom stereocenters. The second-order valence-electron chi connectivity index (χ2n) is 4.94. The van der Waals surface area contributed by atoms with E-state index in [0.29, 0.717) is 5.92 Å². The highest BCUT2D eigenvalue weighted by atomic mass is 16.1. The van der Waals surface area contributed by atoms with Crippen molar-refractivity contribution < 1.29 is 4.79 Å². The Kier molecular flexibility index (Phi) is 5.36. The van der Waals surface area contributed by atoms with Crippen molar-refractivity contribution in [3.63, 3.8) is 0 Å². The lowest BCUT2D eigenvalue weighted by molar-refractivity contribution is 0.0949. The van der Waals surface area contributed by atoms with Crippen LogP contribution in [0.5, 0.6) is 0 Å². The summed E-state index contributed by atoms with van der Waals surface area (Å²) in [5.74, 6) is 0.737. The zero-order valence-corrected chi connectivity index (χ0v) is 11.3. The maximum Gasteiger partial charge on any atom is 0.179 e. The zero-order chi connectivity index (χ0) is 12.8. The number of hydrogen-bond acceptors (Lipinski definition) is 2. The summed E-state index contributed by atoms with van der Waals surface area (Å²) < 4.78 is 0. The predicted octanol–water partition coefficient (Wildman–Crippen LogP) is 3.07. The van der Waals surface area contributed by atoms with Crippen molar-refractivity contribution in [2.45, 2.75) is 40.2 Å². The standard InChI is InChI=1S/C15H23NO/c1-5-13-6-8-14(9-7-13)15(17)12(4)16-10-11(2)3/h6-9,11-12,16H,5,10H2,1-4H3. The van der Waals surface area contributed by atoms with Gasteiger partial charge >= 0.3 is 0 Å². The van der Waals surface area contributed by atoms with E-state index in [-0.39, 0.29) is 11.8 Å². The first-order chi connectivity index (χ1) is 8.04. The Balaban J connectivity index is 2.61. The van der Waals surface area contributed by atoms with Gasteiger partial charge in [0.1, 0.15) is 0 Å². The van der Waals surface area contributed by atoms with Crippen molar-refractivity contribution in [1.29, 1.82) is 0 Å². The SMILES string of the molecule is CCc1ccc(C(=O)C(C)NCC(C)C)cc1. The third-order valence-electron chi connectivity index (χ3n) is 2.87. The molecule has 1 N–H and O–H groups in total. The van der Waals surface area contributed by atoms with Crippen LogP contribution >= 0.6 is 0 Å². The average Bonchev–Trinajstić information content (AvgIpc) is 2.35. The van der Waals surface area contributed by atoms with Gasteiger partial charge in [-0.15, -0.1) is 0 Å². The van der Waals surface area contributed by atoms with Crippen molar-refractivity contribution in [1.82, 2.24) is 5.32 Å². The molecule has 94 valence electrons. The summed E-state index contributed by atoms with van der Waals surface area (Å²) in [7, 11) is 0. The van der Waals surface area contributed by atoms with Gasteiger partial charge in [-0.05, 0) is 31.4 Å². The summed E-state index contributed by atoms with van der Waals surface area (Å²) in [5, 5.41) is 3.26. The molecular weight excluding hydrogens is 210 g/mol. The van der Waals surface area contributed by atoms with E-state index in [0.717, 1.165) is 18.5 Å². The molecule has 2 heteroatoms. The molecule has 1 aromatic rings. The normalized spacial score (nSPS) is 12.8. The number of rotatable bonds is 6. The lowest BCUT2D eigenvalue weighted by atomic mass is 10.0. The fourth-order valence-corrected chi connectivity index (χ4v) is 1.66. The minimum Gasteiger partial charge on any atom is -0.307 e. The first-order valence-electron chi connectivity index (χ1n) is 6.41. The van der Waals surface area contributed by atoms with E-state index in [2.05, 4.69) is 26.1 Å². The van der Waals surface area contributed by atoms with Gasteiger partial charge in [-0.25, -0.2) is 0 Å². The van der Waals surface area contributed by atoms with E-state index in [1.165, 1.54) is 5.56 Å². The van der Waals surface area contributed by atoms with E-state index in [1.807, 2.05) is 31.2 Å². The lowest BCUT2D eigenvalue weighted by Crippen LogP contribution is -2.36. The summed E-state index contributed by atoms with van der Waals surface area (Å²) in [6, 6.07) is 7.80. The van der Waals surface area contributed by atoms with Crippen LogP contribution in [0, 0.1) is 5.92 Å². The van der Waals surface area contributed by atoms with Gasteiger partial charge in [0.25, 0.3) is 0 Å². The van der Waals surface area contributed by atoms with Gasteiger partial charge in [0, 0.05) is 5.56 Å². The number of hydrogen-bond donors (Lipinski definition) is 1. The van der Waals surface area contributed by atoms with Crippen molar-refractivity contribution in [3.05, 3.63) is 35.4 Å². The molecule has 17 heavy (non-hydrogen) atoms. The highest BCUT2D eigenvalue weighted by Crippen LogP contribution is 2.08. The summed E-state index contributed by atoms with van der Waals surface area (Å²) in [6.45, 7) is 9.20. The molecule has 0 aromatic heterocycles.